The average molecular weight is 321 g/mol. The molecule has 0 saturated heterocycles. The van der Waals surface area contributed by atoms with Crippen LogP contribution in [0.5, 0.6) is 0 Å². The molecule has 0 aromatic heterocycles. The minimum Gasteiger partial charge on any atom is -0.328 e. The van der Waals surface area contributed by atoms with Gasteiger partial charge in [0.1, 0.15) is 5.82 Å². The van der Waals surface area contributed by atoms with E-state index in [4.69, 9.17) is 17.3 Å². The van der Waals surface area contributed by atoms with Gasteiger partial charge in [0.2, 0.25) is 10.0 Å². The molecule has 0 aliphatic heterocycles. The van der Waals surface area contributed by atoms with Crippen LogP contribution in [0.2, 0.25) is 5.02 Å². The summed E-state index contributed by atoms with van der Waals surface area (Å²) in [4.78, 5) is 0. The number of benzene rings is 1. The van der Waals surface area contributed by atoms with E-state index in [0.717, 1.165) is 25.7 Å². The van der Waals surface area contributed by atoms with Gasteiger partial charge in [-0.3, -0.25) is 0 Å². The highest BCUT2D eigenvalue weighted by atomic mass is 35.5. The van der Waals surface area contributed by atoms with Crippen molar-refractivity contribution in [1.82, 2.24) is 4.72 Å². The molecule has 2 rings (SSSR count). The number of hydrogen-bond acceptors (Lipinski definition) is 3. The predicted octanol–water partition coefficient (Wildman–Crippen LogP) is 2.17. The number of nitrogens with one attached hydrogen (secondary N) is 1. The Hall–Kier alpha value is -0.690. The first kappa shape index (κ1) is 15.7. The quantitative estimate of drug-likeness (QED) is 0.893. The number of nitrogens with two attached hydrogens (primary N) is 1. The maximum absolute atomic E-state index is 13.0. The highest BCUT2D eigenvalue weighted by Crippen LogP contribution is 2.20. The van der Waals surface area contributed by atoms with Gasteiger partial charge in [-0.15, -0.1) is 0 Å². The van der Waals surface area contributed by atoms with Crippen molar-refractivity contribution in [3.8, 4) is 0 Å². The van der Waals surface area contributed by atoms with Crippen LogP contribution in [0.1, 0.15) is 31.2 Å². The summed E-state index contributed by atoms with van der Waals surface area (Å²) in [6, 6.07) is 4.05. The lowest BCUT2D eigenvalue weighted by Crippen LogP contribution is -2.40. The van der Waals surface area contributed by atoms with Crippen molar-refractivity contribution in [2.24, 2.45) is 5.73 Å². The number of hydrogen-bond donors (Lipinski definition) is 2. The fraction of sp³-hybridized carbons (Fsp3) is 0.538. The Morgan fingerprint density at radius 3 is 2.55 bits per heavy atom. The molecule has 20 heavy (non-hydrogen) atoms. The van der Waals surface area contributed by atoms with E-state index in [0.29, 0.717) is 5.56 Å². The van der Waals surface area contributed by atoms with Crippen LogP contribution < -0.4 is 10.5 Å². The molecular formula is C13H18ClFN2O2S. The summed E-state index contributed by atoms with van der Waals surface area (Å²) in [5.41, 5.74) is 6.26. The first-order chi connectivity index (χ1) is 9.35. The second-order valence-electron chi connectivity index (χ2n) is 5.24. The lowest BCUT2D eigenvalue weighted by atomic mass is 9.93. The van der Waals surface area contributed by atoms with Gasteiger partial charge < -0.3 is 5.73 Å². The molecule has 0 unspecified atom stereocenters. The zero-order valence-corrected chi connectivity index (χ0v) is 12.6. The van der Waals surface area contributed by atoms with Crippen molar-refractivity contribution in [2.75, 3.05) is 0 Å². The van der Waals surface area contributed by atoms with Crippen molar-refractivity contribution >= 4 is 21.6 Å². The lowest BCUT2D eigenvalue weighted by Gasteiger charge is -2.26. The van der Waals surface area contributed by atoms with E-state index >= 15 is 0 Å². The molecule has 1 aliphatic carbocycles. The van der Waals surface area contributed by atoms with Gasteiger partial charge in [-0.2, -0.15) is 0 Å². The maximum atomic E-state index is 13.0. The minimum absolute atomic E-state index is 0.0595. The van der Waals surface area contributed by atoms with Crippen LogP contribution in [0.3, 0.4) is 0 Å². The van der Waals surface area contributed by atoms with Gasteiger partial charge in [0.05, 0.1) is 10.8 Å². The molecule has 4 nitrogen and oxygen atoms in total. The fourth-order valence-electron chi connectivity index (χ4n) is 2.38. The molecule has 1 aromatic rings. The Kier molecular flexibility index (Phi) is 5.01. The number of rotatable bonds is 4. The summed E-state index contributed by atoms with van der Waals surface area (Å²) >= 11 is 5.65. The molecule has 0 heterocycles. The Morgan fingerprint density at radius 1 is 1.30 bits per heavy atom. The topological polar surface area (TPSA) is 72.2 Å². The lowest BCUT2D eigenvalue weighted by molar-refractivity contribution is 0.373. The third kappa shape index (κ3) is 4.41. The molecule has 0 atom stereocenters. The molecule has 1 aliphatic rings. The summed E-state index contributed by atoms with van der Waals surface area (Å²) in [5.74, 6) is -0.753. The van der Waals surface area contributed by atoms with E-state index in [-0.39, 0.29) is 22.9 Å². The van der Waals surface area contributed by atoms with E-state index < -0.39 is 15.8 Å². The summed E-state index contributed by atoms with van der Waals surface area (Å²) < 4.78 is 39.8. The molecular weight excluding hydrogens is 303 g/mol. The molecule has 112 valence electrons. The van der Waals surface area contributed by atoms with Crippen LogP contribution in [0.25, 0.3) is 0 Å². The second-order valence-corrected chi connectivity index (χ2v) is 7.40. The minimum atomic E-state index is -3.45. The van der Waals surface area contributed by atoms with Crippen molar-refractivity contribution in [3.63, 3.8) is 0 Å². The Balaban J connectivity index is 1.98. The third-order valence-electron chi connectivity index (χ3n) is 3.46. The molecule has 1 fully saturated rings. The highest BCUT2D eigenvalue weighted by molar-refractivity contribution is 7.88. The Morgan fingerprint density at radius 2 is 1.95 bits per heavy atom. The number of halogens is 2. The van der Waals surface area contributed by atoms with E-state index in [1.165, 1.54) is 18.2 Å². The zero-order valence-electron chi connectivity index (χ0n) is 11.0. The smallest absolute Gasteiger partial charge is 0.216 e. The zero-order chi connectivity index (χ0) is 14.8. The van der Waals surface area contributed by atoms with Crippen LogP contribution >= 0.6 is 11.6 Å². The first-order valence-electron chi connectivity index (χ1n) is 6.55. The van der Waals surface area contributed by atoms with E-state index in [9.17, 15) is 12.8 Å². The Bertz CT molecular complexity index is 572. The summed E-state index contributed by atoms with van der Waals surface area (Å²) in [6.07, 6.45) is 3.17. The predicted molar refractivity (Wildman–Crippen MR) is 77.4 cm³/mol. The van der Waals surface area contributed by atoms with E-state index in [1.807, 2.05) is 0 Å². The molecule has 7 heteroatoms. The highest BCUT2D eigenvalue weighted by Gasteiger charge is 2.23. The van der Waals surface area contributed by atoms with Gasteiger partial charge in [0, 0.05) is 12.1 Å². The third-order valence-corrected chi connectivity index (χ3v) is 5.15. The average Bonchev–Trinajstić information content (AvgIpc) is 2.36. The molecule has 0 spiro atoms. The van der Waals surface area contributed by atoms with Gasteiger partial charge in [0.15, 0.2) is 0 Å². The van der Waals surface area contributed by atoms with Crippen LogP contribution in [-0.2, 0) is 15.8 Å². The summed E-state index contributed by atoms with van der Waals surface area (Å²) in [7, 11) is -3.45. The molecule has 0 bridgehead atoms. The standard InChI is InChI=1S/C13H18ClFN2O2S/c14-12-7-9(1-6-13(12)15)8-20(18,19)17-11-4-2-10(16)3-5-11/h1,6-7,10-11,17H,2-5,8,16H2. The van der Waals surface area contributed by atoms with Crippen molar-refractivity contribution in [1.29, 1.82) is 0 Å². The normalized spacial score (nSPS) is 23.8. The Labute approximate surface area is 123 Å². The first-order valence-corrected chi connectivity index (χ1v) is 8.58. The second kappa shape index (κ2) is 6.39. The van der Waals surface area contributed by atoms with E-state index in [1.54, 1.807) is 0 Å². The number of sulfonamides is 1. The van der Waals surface area contributed by atoms with E-state index in [2.05, 4.69) is 4.72 Å². The van der Waals surface area contributed by atoms with Crippen molar-refractivity contribution in [3.05, 3.63) is 34.6 Å². The molecule has 0 amide bonds. The maximum Gasteiger partial charge on any atom is 0.216 e. The molecule has 3 N–H and O–H groups in total. The monoisotopic (exact) mass is 320 g/mol. The molecule has 0 radical (unpaired) electrons. The molecule has 1 aromatic carbocycles. The fourth-order valence-corrected chi connectivity index (χ4v) is 4.03. The van der Waals surface area contributed by atoms with Crippen LogP contribution in [0, 0.1) is 5.82 Å². The van der Waals surface area contributed by atoms with Gasteiger partial charge >= 0.3 is 0 Å². The summed E-state index contributed by atoms with van der Waals surface area (Å²) in [5, 5.41) is -0.0682. The molecule has 1 saturated carbocycles. The van der Waals surface area contributed by atoms with Crippen molar-refractivity contribution < 1.29 is 12.8 Å². The van der Waals surface area contributed by atoms with Gasteiger partial charge in [-0.1, -0.05) is 17.7 Å². The van der Waals surface area contributed by atoms with Crippen LogP contribution in [0.15, 0.2) is 18.2 Å². The van der Waals surface area contributed by atoms with Gasteiger partial charge in [0.25, 0.3) is 0 Å². The largest absolute Gasteiger partial charge is 0.328 e. The van der Waals surface area contributed by atoms with Crippen LogP contribution in [0.4, 0.5) is 4.39 Å². The van der Waals surface area contributed by atoms with Crippen LogP contribution in [-0.4, -0.2) is 20.5 Å². The SMILES string of the molecule is NC1CCC(NS(=O)(=O)Cc2ccc(F)c(Cl)c2)CC1. The van der Waals surface area contributed by atoms with Gasteiger partial charge in [-0.05, 0) is 43.4 Å². The summed E-state index contributed by atoms with van der Waals surface area (Å²) in [6.45, 7) is 0. The van der Waals surface area contributed by atoms with Crippen molar-refractivity contribution in [2.45, 2.75) is 43.5 Å². The van der Waals surface area contributed by atoms with Gasteiger partial charge in [-0.25, -0.2) is 17.5 Å².